The Labute approximate surface area is 160 Å². The molecule has 2 aliphatic carbocycles. The Balaban J connectivity index is 1.42. The number of amides is 1. The van der Waals surface area contributed by atoms with E-state index in [9.17, 15) is 4.79 Å². The molecule has 0 aliphatic heterocycles. The van der Waals surface area contributed by atoms with Gasteiger partial charge in [-0.25, -0.2) is 0 Å². The first-order valence-electron chi connectivity index (χ1n) is 9.58. The van der Waals surface area contributed by atoms with Crippen molar-refractivity contribution in [2.45, 2.75) is 54.5 Å². The minimum atomic E-state index is 0.102. The van der Waals surface area contributed by atoms with E-state index in [4.69, 9.17) is 0 Å². The van der Waals surface area contributed by atoms with E-state index in [1.54, 1.807) is 11.8 Å². The summed E-state index contributed by atoms with van der Waals surface area (Å²) < 4.78 is 0. The molecule has 0 heterocycles. The van der Waals surface area contributed by atoms with E-state index in [0.717, 1.165) is 16.5 Å². The van der Waals surface area contributed by atoms with Gasteiger partial charge in [0.05, 0.1) is 12.2 Å². The number of rotatable bonds is 8. The molecular formula is C22H26N2OS. The Morgan fingerprint density at radius 2 is 1.77 bits per heavy atom. The predicted molar refractivity (Wildman–Crippen MR) is 108 cm³/mol. The third-order valence-corrected chi connectivity index (χ3v) is 6.39. The summed E-state index contributed by atoms with van der Waals surface area (Å²) >= 11 is 1.69. The molecule has 26 heavy (non-hydrogen) atoms. The van der Waals surface area contributed by atoms with Gasteiger partial charge < -0.3 is 5.32 Å². The number of nitrogens with zero attached hydrogens (tertiary/aromatic N) is 1. The van der Waals surface area contributed by atoms with Crippen LogP contribution in [0, 0.1) is 5.92 Å². The second-order valence-electron chi connectivity index (χ2n) is 7.44. The highest BCUT2D eigenvalue weighted by atomic mass is 32.2. The summed E-state index contributed by atoms with van der Waals surface area (Å²) in [5.41, 5.74) is 0.904. The van der Waals surface area contributed by atoms with Crippen LogP contribution in [0.1, 0.15) is 32.6 Å². The molecule has 1 amide bonds. The predicted octanol–water partition coefficient (Wildman–Crippen LogP) is 5.04. The van der Waals surface area contributed by atoms with E-state index in [0.29, 0.717) is 18.6 Å². The topological polar surface area (TPSA) is 32.3 Å². The summed E-state index contributed by atoms with van der Waals surface area (Å²) in [5.74, 6) is 0.898. The van der Waals surface area contributed by atoms with Crippen molar-refractivity contribution in [2.24, 2.45) is 5.92 Å². The number of anilines is 1. The quantitative estimate of drug-likeness (QED) is 0.710. The van der Waals surface area contributed by atoms with Gasteiger partial charge in [-0.15, -0.1) is 0 Å². The minimum absolute atomic E-state index is 0.102. The molecule has 1 N–H and O–H groups in total. The fourth-order valence-corrected chi connectivity index (χ4v) is 4.41. The van der Waals surface area contributed by atoms with E-state index >= 15 is 0 Å². The summed E-state index contributed by atoms with van der Waals surface area (Å²) in [6.07, 6.45) is 5.13. The van der Waals surface area contributed by atoms with Crippen molar-refractivity contribution in [1.82, 2.24) is 4.90 Å². The molecule has 2 fully saturated rings. The van der Waals surface area contributed by atoms with Crippen LogP contribution in [0.15, 0.2) is 64.4 Å². The second kappa shape index (κ2) is 7.85. The molecule has 2 aromatic rings. The highest BCUT2D eigenvalue weighted by Gasteiger charge is 2.39. The Kier molecular flexibility index (Phi) is 5.32. The van der Waals surface area contributed by atoms with E-state index < -0.39 is 0 Å². The second-order valence-corrected chi connectivity index (χ2v) is 8.56. The molecule has 0 radical (unpaired) electrons. The van der Waals surface area contributed by atoms with Crippen molar-refractivity contribution in [2.75, 3.05) is 11.9 Å². The lowest BCUT2D eigenvalue weighted by atomic mass is 10.1. The number of hydrogen-bond acceptors (Lipinski definition) is 3. The average molecular weight is 367 g/mol. The first kappa shape index (κ1) is 17.6. The van der Waals surface area contributed by atoms with Gasteiger partial charge in [0, 0.05) is 21.9 Å². The van der Waals surface area contributed by atoms with Crippen LogP contribution in [0.5, 0.6) is 0 Å². The van der Waals surface area contributed by atoms with Crippen LogP contribution in [-0.2, 0) is 4.79 Å². The molecule has 2 aromatic carbocycles. The lowest BCUT2D eigenvalue weighted by Crippen LogP contribution is -2.42. The normalized spacial score (nSPS) is 17.9. The van der Waals surface area contributed by atoms with Crippen molar-refractivity contribution in [3.05, 3.63) is 54.6 Å². The van der Waals surface area contributed by atoms with Crippen LogP contribution in [0.2, 0.25) is 0 Å². The zero-order valence-electron chi connectivity index (χ0n) is 15.2. The molecule has 0 spiro atoms. The average Bonchev–Trinajstić information content (AvgIpc) is 3.55. The Morgan fingerprint density at radius 3 is 2.46 bits per heavy atom. The molecule has 1 atom stereocenters. The van der Waals surface area contributed by atoms with Gasteiger partial charge in [0.25, 0.3) is 0 Å². The van der Waals surface area contributed by atoms with Gasteiger partial charge >= 0.3 is 0 Å². The molecule has 0 saturated heterocycles. The molecule has 136 valence electrons. The summed E-state index contributed by atoms with van der Waals surface area (Å²) in [6.45, 7) is 2.80. The monoisotopic (exact) mass is 366 g/mol. The summed E-state index contributed by atoms with van der Waals surface area (Å²) in [4.78, 5) is 17.4. The van der Waals surface area contributed by atoms with Crippen LogP contribution in [0.4, 0.5) is 5.69 Å². The number of benzene rings is 2. The maximum Gasteiger partial charge on any atom is 0.238 e. The van der Waals surface area contributed by atoms with Crippen molar-refractivity contribution in [3.63, 3.8) is 0 Å². The molecule has 3 nitrogen and oxygen atoms in total. The third-order valence-electron chi connectivity index (χ3n) is 5.30. The van der Waals surface area contributed by atoms with Crippen molar-refractivity contribution in [3.8, 4) is 0 Å². The van der Waals surface area contributed by atoms with Gasteiger partial charge in [-0.05, 0) is 62.8 Å². The number of carbonyl (C=O) groups is 1. The first-order valence-corrected chi connectivity index (χ1v) is 10.4. The molecule has 2 saturated carbocycles. The van der Waals surface area contributed by atoms with Crippen LogP contribution >= 0.6 is 11.8 Å². The zero-order valence-corrected chi connectivity index (χ0v) is 16.0. The van der Waals surface area contributed by atoms with Gasteiger partial charge in [0.2, 0.25) is 5.91 Å². The fraction of sp³-hybridized carbons (Fsp3) is 0.409. The molecule has 4 rings (SSSR count). The maximum atomic E-state index is 12.7. The van der Waals surface area contributed by atoms with Crippen LogP contribution in [-0.4, -0.2) is 29.4 Å². The summed E-state index contributed by atoms with van der Waals surface area (Å²) in [5, 5.41) is 3.16. The van der Waals surface area contributed by atoms with Gasteiger partial charge in [-0.3, -0.25) is 9.69 Å². The van der Waals surface area contributed by atoms with Crippen LogP contribution in [0.25, 0.3) is 0 Å². The SMILES string of the molecule is CC(C1CC1)N(CC(=O)Nc1ccccc1Sc1ccccc1)C1CC1. The van der Waals surface area contributed by atoms with Crippen molar-refractivity contribution < 1.29 is 4.79 Å². The molecular weight excluding hydrogens is 340 g/mol. The van der Waals surface area contributed by atoms with E-state index in [-0.39, 0.29) is 5.91 Å². The highest BCUT2D eigenvalue weighted by Crippen LogP contribution is 2.39. The minimum Gasteiger partial charge on any atom is -0.324 e. The van der Waals surface area contributed by atoms with Crippen molar-refractivity contribution >= 4 is 23.4 Å². The van der Waals surface area contributed by atoms with Gasteiger partial charge in [0.15, 0.2) is 0 Å². The van der Waals surface area contributed by atoms with Gasteiger partial charge in [0.1, 0.15) is 0 Å². The largest absolute Gasteiger partial charge is 0.324 e. The van der Waals surface area contributed by atoms with Gasteiger partial charge in [-0.1, -0.05) is 42.1 Å². The standard InChI is InChI=1S/C22H26N2OS/c1-16(17-11-12-17)24(18-13-14-18)15-22(25)23-20-9-5-6-10-21(20)26-19-7-3-2-4-8-19/h2-10,16-18H,11-15H2,1H3,(H,23,25). The Hall–Kier alpha value is -1.78. The fourth-order valence-electron chi connectivity index (χ4n) is 3.49. The Morgan fingerprint density at radius 1 is 1.08 bits per heavy atom. The summed E-state index contributed by atoms with van der Waals surface area (Å²) in [6, 6.07) is 19.5. The van der Waals surface area contributed by atoms with E-state index in [1.807, 2.05) is 36.4 Å². The molecule has 0 aromatic heterocycles. The summed E-state index contributed by atoms with van der Waals surface area (Å²) in [7, 11) is 0. The van der Waals surface area contributed by atoms with Crippen molar-refractivity contribution in [1.29, 1.82) is 0 Å². The number of para-hydroxylation sites is 1. The van der Waals surface area contributed by atoms with E-state index in [2.05, 4.69) is 35.3 Å². The van der Waals surface area contributed by atoms with Gasteiger partial charge in [-0.2, -0.15) is 0 Å². The first-order chi connectivity index (χ1) is 12.7. The smallest absolute Gasteiger partial charge is 0.238 e. The Bertz CT molecular complexity index is 756. The lowest BCUT2D eigenvalue weighted by Gasteiger charge is -2.28. The van der Waals surface area contributed by atoms with Crippen LogP contribution in [0.3, 0.4) is 0 Å². The lowest BCUT2D eigenvalue weighted by molar-refractivity contribution is -0.118. The molecule has 1 unspecified atom stereocenters. The highest BCUT2D eigenvalue weighted by molar-refractivity contribution is 7.99. The maximum absolute atomic E-state index is 12.7. The molecule has 4 heteroatoms. The zero-order chi connectivity index (χ0) is 17.9. The molecule has 0 bridgehead atoms. The number of hydrogen-bond donors (Lipinski definition) is 1. The number of nitrogens with one attached hydrogen (secondary N) is 1. The third kappa shape index (κ3) is 4.49. The van der Waals surface area contributed by atoms with Crippen LogP contribution < -0.4 is 5.32 Å². The number of carbonyl (C=O) groups excluding carboxylic acids is 1. The molecule has 2 aliphatic rings. The van der Waals surface area contributed by atoms with E-state index in [1.165, 1.54) is 30.6 Å².